The number of aromatic nitrogens is 1. The van der Waals surface area contributed by atoms with Crippen molar-refractivity contribution < 1.29 is 21.4 Å². The third kappa shape index (κ3) is 4.11. The van der Waals surface area contributed by atoms with Gasteiger partial charge in [-0.25, -0.2) is 16.8 Å². The van der Waals surface area contributed by atoms with Crippen molar-refractivity contribution in [2.75, 3.05) is 9.44 Å². The number of aryl methyl sites for hydroxylation is 1. The average Bonchev–Trinajstić information content (AvgIpc) is 3.28. The molecule has 0 amide bonds. The van der Waals surface area contributed by atoms with Gasteiger partial charge in [0.05, 0.1) is 4.90 Å². The first-order chi connectivity index (χ1) is 13.7. The largest absolute Gasteiger partial charge is 0.360 e. The highest BCUT2D eigenvalue weighted by molar-refractivity contribution is 7.94. The van der Waals surface area contributed by atoms with E-state index in [0.717, 1.165) is 21.4 Å². The van der Waals surface area contributed by atoms with E-state index in [1.54, 1.807) is 13.0 Å². The first kappa shape index (κ1) is 19.4. The van der Waals surface area contributed by atoms with Gasteiger partial charge in [0, 0.05) is 16.5 Å². The van der Waals surface area contributed by atoms with Crippen molar-refractivity contribution in [1.82, 2.24) is 5.16 Å². The summed E-state index contributed by atoms with van der Waals surface area (Å²) in [6.07, 6.45) is 0. The molecule has 4 aromatic rings. The van der Waals surface area contributed by atoms with Crippen molar-refractivity contribution in [3.63, 3.8) is 0 Å². The van der Waals surface area contributed by atoms with Crippen molar-refractivity contribution in [1.29, 1.82) is 0 Å². The third-order valence-corrected chi connectivity index (χ3v) is 8.29. The Labute approximate surface area is 171 Å². The Morgan fingerprint density at radius 2 is 1.62 bits per heavy atom. The molecule has 2 aromatic heterocycles. The molecule has 0 saturated carbocycles. The second kappa shape index (κ2) is 7.17. The number of anilines is 2. The molecule has 0 spiro atoms. The van der Waals surface area contributed by atoms with Crippen LogP contribution >= 0.6 is 11.3 Å². The maximum absolute atomic E-state index is 12.6. The molecular weight excluding hydrogens is 434 g/mol. The molecule has 0 aliphatic heterocycles. The summed E-state index contributed by atoms with van der Waals surface area (Å²) in [6.45, 7) is 1.64. The second-order valence-corrected chi connectivity index (χ2v) is 10.8. The summed E-state index contributed by atoms with van der Waals surface area (Å²) >= 11 is 1.16. The molecule has 29 heavy (non-hydrogen) atoms. The maximum Gasteiger partial charge on any atom is 0.271 e. The van der Waals surface area contributed by atoms with E-state index in [2.05, 4.69) is 14.6 Å². The Bertz CT molecular complexity index is 1360. The molecule has 0 radical (unpaired) electrons. The molecule has 2 heterocycles. The summed E-state index contributed by atoms with van der Waals surface area (Å²) in [5.41, 5.74) is 0.249. The Morgan fingerprint density at radius 1 is 0.897 bits per heavy atom. The Hall–Kier alpha value is -2.89. The highest BCUT2D eigenvalue weighted by atomic mass is 32.2. The van der Waals surface area contributed by atoms with Crippen LogP contribution in [0.2, 0.25) is 0 Å². The van der Waals surface area contributed by atoms with Crippen molar-refractivity contribution >= 4 is 53.0 Å². The lowest BCUT2D eigenvalue weighted by molar-refractivity contribution is 0.400. The molecule has 2 N–H and O–H groups in total. The van der Waals surface area contributed by atoms with Crippen LogP contribution in [0.5, 0.6) is 0 Å². The molecule has 2 aromatic carbocycles. The Kier molecular flexibility index (Phi) is 4.81. The summed E-state index contributed by atoms with van der Waals surface area (Å²) in [6, 6.07) is 15.8. The van der Waals surface area contributed by atoms with Crippen LogP contribution in [0.25, 0.3) is 10.1 Å². The Balaban J connectivity index is 1.54. The van der Waals surface area contributed by atoms with Gasteiger partial charge in [-0.05, 0) is 48.7 Å². The van der Waals surface area contributed by atoms with E-state index in [1.165, 1.54) is 30.3 Å². The van der Waals surface area contributed by atoms with Gasteiger partial charge in [-0.15, -0.1) is 11.3 Å². The second-order valence-electron chi connectivity index (χ2n) is 6.16. The van der Waals surface area contributed by atoms with Crippen LogP contribution in [-0.4, -0.2) is 22.0 Å². The summed E-state index contributed by atoms with van der Waals surface area (Å²) < 4.78 is 60.7. The third-order valence-electron chi connectivity index (χ3n) is 3.95. The molecule has 0 aliphatic rings. The van der Waals surface area contributed by atoms with Crippen LogP contribution < -0.4 is 9.44 Å². The van der Waals surface area contributed by atoms with Gasteiger partial charge in [0.2, 0.25) is 0 Å². The summed E-state index contributed by atoms with van der Waals surface area (Å²) in [5, 5.41) is 4.43. The minimum absolute atomic E-state index is 0.0389. The molecule has 4 rings (SSSR count). The number of sulfonamides is 2. The number of hydrogen-bond acceptors (Lipinski definition) is 7. The summed E-state index contributed by atoms with van der Waals surface area (Å²) in [7, 11) is -7.67. The minimum atomic E-state index is -3.88. The quantitative estimate of drug-likeness (QED) is 0.462. The zero-order valence-electron chi connectivity index (χ0n) is 15.0. The normalized spacial score (nSPS) is 12.2. The molecule has 0 fully saturated rings. The van der Waals surface area contributed by atoms with Gasteiger partial charge < -0.3 is 4.52 Å². The van der Waals surface area contributed by atoms with Crippen LogP contribution in [0.15, 0.2) is 74.3 Å². The predicted molar refractivity (Wildman–Crippen MR) is 111 cm³/mol. The number of rotatable bonds is 6. The van der Waals surface area contributed by atoms with Crippen LogP contribution in [0.4, 0.5) is 11.5 Å². The van der Waals surface area contributed by atoms with E-state index in [-0.39, 0.29) is 20.6 Å². The minimum Gasteiger partial charge on any atom is -0.360 e. The molecule has 150 valence electrons. The standard InChI is InChI=1S/C18H15N3O5S3/c1-12-10-17(19-26-12)21-28(22,23)15-8-6-14(7-9-15)20-29(24,25)18-11-13-4-2-3-5-16(13)27-18/h2-11,20H,1H3,(H,19,21). The SMILES string of the molecule is Cc1cc(NS(=O)(=O)c2ccc(NS(=O)(=O)c3cc4ccccc4s3)cc2)no1. The van der Waals surface area contributed by atoms with Gasteiger partial charge in [0.25, 0.3) is 20.0 Å². The summed E-state index contributed by atoms with van der Waals surface area (Å²) in [5.74, 6) is 0.533. The number of nitrogens with one attached hydrogen (secondary N) is 2. The maximum atomic E-state index is 12.6. The molecule has 11 heteroatoms. The smallest absolute Gasteiger partial charge is 0.271 e. The van der Waals surface area contributed by atoms with Crippen LogP contribution in [-0.2, 0) is 20.0 Å². The average molecular weight is 450 g/mol. The monoisotopic (exact) mass is 449 g/mol. The zero-order valence-corrected chi connectivity index (χ0v) is 17.4. The van der Waals surface area contributed by atoms with Crippen LogP contribution in [0.3, 0.4) is 0 Å². The van der Waals surface area contributed by atoms with E-state index in [9.17, 15) is 16.8 Å². The van der Waals surface area contributed by atoms with Gasteiger partial charge in [0.1, 0.15) is 9.97 Å². The van der Waals surface area contributed by atoms with E-state index in [1.807, 2.05) is 24.3 Å². The van der Waals surface area contributed by atoms with Gasteiger partial charge >= 0.3 is 0 Å². The molecule has 8 nitrogen and oxygen atoms in total. The van der Waals surface area contributed by atoms with Gasteiger partial charge in [-0.2, -0.15) is 0 Å². The van der Waals surface area contributed by atoms with Gasteiger partial charge in [-0.3, -0.25) is 9.44 Å². The highest BCUT2D eigenvalue weighted by Crippen LogP contribution is 2.30. The number of fused-ring (bicyclic) bond motifs is 1. The van der Waals surface area contributed by atoms with E-state index >= 15 is 0 Å². The fraction of sp³-hybridized carbons (Fsp3) is 0.0556. The zero-order chi connectivity index (χ0) is 20.6. The molecular formula is C18H15N3O5S3. The first-order valence-corrected chi connectivity index (χ1v) is 12.1. The van der Waals surface area contributed by atoms with Crippen molar-refractivity contribution in [3.8, 4) is 0 Å². The van der Waals surface area contributed by atoms with Gasteiger partial charge in [-0.1, -0.05) is 23.4 Å². The van der Waals surface area contributed by atoms with E-state index in [0.29, 0.717) is 5.76 Å². The molecule has 0 saturated heterocycles. The lowest BCUT2D eigenvalue weighted by Crippen LogP contribution is -2.14. The van der Waals surface area contributed by atoms with Crippen molar-refractivity contribution in [2.24, 2.45) is 0 Å². The molecule has 0 unspecified atom stereocenters. The van der Waals surface area contributed by atoms with Crippen molar-refractivity contribution in [3.05, 3.63) is 66.4 Å². The summed E-state index contributed by atoms with van der Waals surface area (Å²) in [4.78, 5) is -0.0389. The fourth-order valence-electron chi connectivity index (χ4n) is 2.61. The lowest BCUT2D eigenvalue weighted by Gasteiger charge is -2.08. The molecule has 0 bridgehead atoms. The molecule has 0 atom stereocenters. The highest BCUT2D eigenvalue weighted by Gasteiger charge is 2.19. The number of hydrogen-bond donors (Lipinski definition) is 2. The van der Waals surface area contributed by atoms with Gasteiger partial charge in [0.15, 0.2) is 5.82 Å². The predicted octanol–water partition coefficient (Wildman–Crippen LogP) is 3.80. The number of thiophene rings is 1. The van der Waals surface area contributed by atoms with Crippen LogP contribution in [0, 0.1) is 6.92 Å². The fourth-order valence-corrected chi connectivity index (χ4v) is 6.05. The topological polar surface area (TPSA) is 118 Å². The van der Waals surface area contributed by atoms with E-state index < -0.39 is 20.0 Å². The number of nitrogens with zero attached hydrogens (tertiary/aromatic N) is 1. The first-order valence-electron chi connectivity index (χ1n) is 8.31. The Morgan fingerprint density at radius 3 is 2.28 bits per heavy atom. The number of benzene rings is 2. The molecule has 0 aliphatic carbocycles. The van der Waals surface area contributed by atoms with Crippen LogP contribution in [0.1, 0.15) is 5.76 Å². The van der Waals surface area contributed by atoms with Crippen molar-refractivity contribution in [2.45, 2.75) is 16.0 Å². The lowest BCUT2D eigenvalue weighted by atomic mass is 10.3. The van der Waals surface area contributed by atoms with E-state index in [4.69, 9.17) is 4.52 Å².